The van der Waals surface area contributed by atoms with Gasteiger partial charge >= 0.3 is 0 Å². The van der Waals surface area contributed by atoms with Crippen LogP contribution < -0.4 is 24.1 Å². The summed E-state index contributed by atoms with van der Waals surface area (Å²) >= 11 is 0. The first-order valence-electron chi connectivity index (χ1n) is 10.1. The molecule has 0 aliphatic rings. The van der Waals surface area contributed by atoms with Crippen LogP contribution in [0.1, 0.15) is 35.8 Å². The molecule has 0 spiro atoms. The van der Waals surface area contributed by atoms with E-state index in [2.05, 4.69) is 41.2 Å². The van der Waals surface area contributed by atoms with E-state index in [9.17, 15) is 4.79 Å². The minimum absolute atomic E-state index is 0.204. The van der Waals surface area contributed by atoms with E-state index in [-0.39, 0.29) is 5.91 Å². The number of unbranched alkanes of at least 4 members (excludes halogenated alkanes) is 1. The summed E-state index contributed by atoms with van der Waals surface area (Å²) in [4.78, 5) is 12.9. The highest BCUT2D eigenvalue weighted by Gasteiger charge is 2.19. The number of ether oxygens (including phenoxy) is 3. The molecule has 1 heterocycles. The Bertz CT molecular complexity index is 1010. The van der Waals surface area contributed by atoms with Crippen LogP contribution in [0.25, 0.3) is 10.8 Å². The Hall–Kier alpha value is -3.28. The maximum Gasteiger partial charge on any atom is 0.252 e. The predicted octanol–water partition coefficient (Wildman–Crippen LogP) is 3.88. The summed E-state index contributed by atoms with van der Waals surface area (Å²) in [6.45, 7) is 3.50. The summed E-state index contributed by atoms with van der Waals surface area (Å²) < 4.78 is 18.3. The zero-order valence-corrected chi connectivity index (χ0v) is 18.0. The topological polar surface area (TPSA) is 60.7 Å². The van der Waals surface area contributed by atoms with Crippen LogP contribution in [0.2, 0.25) is 0 Å². The molecule has 1 aromatic heterocycles. The van der Waals surface area contributed by atoms with Crippen molar-refractivity contribution in [3.05, 3.63) is 59.9 Å². The van der Waals surface area contributed by atoms with Crippen molar-refractivity contribution >= 4 is 16.7 Å². The van der Waals surface area contributed by atoms with E-state index in [0.29, 0.717) is 29.4 Å². The largest absolute Gasteiger partial charge is 0.493 e. The zero-order chi connectivity index (χ0) is 21.5. The zero-order valence-electron chi connectivity index (χ0n) is 18.0. The number of aryl methyl sites for hydroxylation is 1. The third kappa shape index (κ3) is 4.48. The molecule has 3 rings (SSSR count). The number of carbonyl (C=O) groups excluding carboxylic acids is 1. The predicted molar refractivity (Wildman–Crippen MR) is 116 cm³/mol. The van der Waals surface area contributed by atoms with Gasteiger partial charge in [-0.15, -0.1) is 0 Å². The van der Waals surface area contributed by atoms with Gasteiger partial charge in [0.1, 0.15) is 13.1 Å². The van der Waals surface area contributed by atoms with Crippen LogP contribution in [0.15, 0.2) is 48.7 Å². The van der Waals surface area contributed by atoms with Crippen molar-refractivity contribution in [2.24, 2.45) is 0 Å². The number of fused-ring (bicyclic) bond motifs is 1. The van der Waals surface area contributed by atoms with E-state index < -0.39 is 0 Å². The number of pyridine rings is 1. The molecule has 0 unspecified atom stereocenters. The van der Waals surface area contributed by atoms with Gasteiger partial charge in [0.15, 0.2) is 17.7 Å². The van der Waals surface area contributed by atoms with Gasteiger partial charge in [-0.3, -0.25) is 4.79 Å². The van der Waals surface area contributed by atoms with Gasteiger partial charge in [0.25, 0.3) is 5.91 Å². The Labute approximate surface area is 177 Å². The average Bonchev–Trinajstić information content (AvgIpc) is 2.80. The molecule has 0 saturated carbocycles. The average molecular weight is 410 g/mol. The highest BCUT2D eigenvalue weighted by atomic mass is 16.5. The van der Waals surface area contributed by atoms with E-state index in [1.165, 1.54) is 21.3 Å². The molecule has 1 amide bonds. The molecule has 0 radical (unpaired) electrons. The molecule has 2 aromatic carbocycles. The molecule has 6 heteroatoms. The van der Waals surface area contributed by atoms with E-state index in [1.54, 1.807) is 12.1 Å². The lowest BCUT2D eigenvalue weighted by atomic mass is 10.1. The first-order chi connectivity index (χ1) is 14.6. The Balaban J connectivity index is 1.90. The molecule has 1 N–H and O–H groups in total. The second kappa shape index (κ2) is 9.96. The number of amides is 1. The minimum atomic E-state index is -0.204. The summed E-state index contributed by atoms with van der Waals surface area (Å²) in [5.74, 6) is 1.16. The molecule has 0 saturated heterocycles. The number of nitrogens with one attached hydrogen (secondary N) is 1. The Kier molecular flexibility index (Phi) is 7.12. The van der Waals surface area contributed by atoms with E-state index >= 15 is 0 Å². The second-order valence-electron chi connectivity index (χ2n) is 6.99. The molecule has 0 bridgehead atoms. The van der Waals surface area contributed by atoms with Crippen LogP contribution in [0, 0.1) is 0 Å². The fraction of sp³-hybridized carbons (Fsp3) is 0.333. The van der Waals surface area contributed by atoms with Crippen LogP contribution >= 0.6 is 0 Å². The van der Waals surface area contributed by atoms with Crippen molar-refractivity contribution < 1.29 is 23.6 Å². The number of methoxy groups -OCH3 is 3. The van der Waals surface area contributed by atoms with Crippen LogP contribution in [-0.4, -0.2) is 27.2 Å². The van der Waals surface area contributed by atoms with E-state index in [1.807, 2.05) is 12.1 Å². The molecule has 158 valence electrons. The van der Waals surface area contributed by atoms with Crippen LogP contribution in [0.3, 0.4) is 0 Å². The quantitative estimate of drug-likeness (QED) is 0.545. The lowest BCUT2D eigenvalue weighted by Gasteiger charge is -2.14. The lowest BCUT2D eigenvalue weighted by Crippen LogP contribution is -2.41. The van der Waals surface area contributed by atoms with Crippen molar-refractivity contribution in [2.45, 2.75) is 32.9 Å². The summed E-state index contributed by atoms with van der Waals surface area (Å²) in [6.07, 6.45) is 4.28. The summed E-state index contributed by atoms with van der Waals surface area (Å²) in [7, 11) is 4.60. The summed E-state index contributed by atoms with van der Waals surface area (Å²) in [6, 6.07) is 13.7. The Morgan fingerprint density at radius 1 is 1.00 bits per heavy atom. The number of rotatable bonds is 9. The van der Waals surface area contributed by atoms with Crippen molar-refractivity contribution in [3.63, 3.8) is 0 Å². The summed E-state index contributed by atoms with van der Waals surface area (Å²) in [5.41, 5.74) is 1.53. The molecule has 0 aliphatic heterocycles. The molecular formula is C24H29N2O4+. The van der Waals surface area contributed by atoms with Crippen molar-refractivity contribution in [1.29, 1.82) is 0 Å². The van der Waals surface area contributed by atoms with Gasteiger partial charge in [-0.2, -0.15) is 0 Å². The molecule has 0 atom stereocenters. The smallest absolute Gasteiger partial charge is 0.252 e. The van der Waals surface area contributed by atoms with Gasteiger partial charge < -0.3 is 19.5 Å². The number of aromatic nitrogens is 1. The van der Waals surface area contributed by atoms with E-state index in [4.69, 9.17) is 14.2 Å². The Morgan fingerprint density at radius 2 is 1.70 bits per heavy atom. The van der Waals surface area contributed by atoms with Crippen LogP contribution in [0.5, 0.6) is 17.2 Å². The number of nitrogens with zero attached hydrogens (tertiary/aromatic N) is 1. The SMILES string of the molecule is CCCC[n+]1ccc2ccccc2c1CNC(=O)c1cc(OC)c(OC)c(OC)c1. The van der Waals surface area contributed by atoms with Gasteiger partial charge in [-0.1, -0.05) is 31.5 Å². The molecule has 6 nitrogen and oxygen atoms in total. The normalized spacial score (nSPS) is 10.7. The van der Waals surface area contributed by atoms with Gasteiger partial charge in [0.05, 0.1) is 26.7 Å². The van der Waals surface area contributed by atoms with E-state index in [0.717, 1.165) is 35.9 Å². The first kappa shape index (κ1) is 21.4. The molecule has 3 aromatic rings. The minimum Gasteiger partial charge on any atom is -0.493 e. The Morgan fingerprint density at radius 3 is 2.33 bits per heavy atom. The lowest BCUT2D eigenvalue weighted by molar-refractivity contribution is -0.703. The third-order valence-corrected chi connectivity index (χ3v) is 5.15. The van der Waals surface area contributed by atoms with Gasteiger partial charge in [0.2, 0.25) is 11.4 Å². The number of hydrogen-bond donors (Lipinski definition) is 1. The standard InChI is InChI=1S/C24H28N2O4/c1-5-6-12-26-13-11-17-9-7-8-10-19(17)20(26)16-25-24(27)18-14-21(28-2)23(30-4)22(15-18)29-3/h7-11,13-15H,5-6,12,16H2,1-4H3/p+1. The van der Waals surface area contributed by atoms with Gasteiger partial charge in [-0.05, 0) is 23.6 Å². The third-order valence-electron chi connectivity index (χ3n) is 5.15. The number of benzene rings is 2. The highest BCUT2D eigenvalue weighted by molar-refractivity contribution is 5.96. The number of carbonyl (C=O) groups is 1. The van der Waals surface area contributed by atoms with Crippen LogP contribution in [0.4, 0.5) is 0 Å². The van der Waals surface area contributed by atoms with Gasteiger partial charge in [0, 0.05) is 18.1 Å². The molecule has 30 heavy (non-hydrogen) atoms. The van der Waals surface area contributed by atoms with Crippen molar-refractivity contribution in [2.75, 3.05) is 21.3 Å². The fourth-order valence-electron chi connectivity index (χ4n) is 3.53. The fourth-order valence-corrected chi connectivity index (χ4v) is 3.53. The molecule has 0 aliphatic carbocycles. The van der Waals surface area contributed by atoms with Crippen LogP contribution in [-0.2, 0) is 13.1 Å². The van der Waals surface area contributed by atoms with Crippen molar-refractivity contribution in [1.82, 2.24) is 5.32 Å². The maximum absolute atomic E-state index is 12.9. The first-order valence-corrected chi connectivity index (χ1v) is 10.1. The highest BCUT2D eigenvalue weighted by Crippen LogP contribution is 2.38. The molecular weight excluding hydrogens is 380 g/mol. The number of hydrogen-bond acceptors (Lipinski definition) is 4. The second-order valence-corrected chi connectivity index (χ2v) is 6.99. The maximum atomic E-state index is 12.9. The molecule has 0 fully saturated rings. The van der Waals surface area contributed by atoms with Gasteiger partial charge in [-0.25, -0.2) is 4.57 Å². The van der Waals surface area contributed by atoms with Crippen molar-refractivity contribution in [3.8, 4) is 17.2 Å². The monoisotopic (exact) mass is 409 g/mol. The summed E-state index contributed by atoms with van der Waals surface area (Å²) in [5, 5.41) is 5.35.